The van der Waals surface area contributed by atoms with Crippen molar-refractivity contribution in [3.8, 4) is 0 Å². The lowest BCUT2D eigenvalue weighted by Gasteiger charge is -2.24. The number of ether oxygens (including phenoxy) is 1. The molecule has 0 saturated carbocycles. The molecule has 18 heavy (non-hydrogen) atoms. The first-order valence-corrected chi connectivity index (χ1v) is 5.66. The summed E-state index contributed by atoms with van der Waals surface area (Å²) in [6.45, 7) is 1.31. The van der Waals surface area contributed by atoms with Gasteiger partial charge in [-0.2, -0.15) is 0 Å². The summed E-state index contributed by atoms with van der Waals surface area (Å²) in [5, 5.41) is 19.2. The van der Waals surface area contributed by atoms with Crippen molar-refractivity contribution in [2.45, 2.75) is 18.9 Å². The molecule has 1 aliphatic rings. The summed E-state index contributed by atoms with van der Waals surface area (Å²) < 4.78 is 5.33. The summed E-state index contributed by atoms with van der Waals surface area (Å²) >= 11 is 0. The molecule has 0 aromatic carbocycles. The van der Waals surface area contributed by atoms with Gasteiger partial charge in [-0.25, -0.2) is 14.8 Å². The van der Waals surface area contributed by atoms with Gasteiger partial charge >= 0.3 is 5.97 Å². The number of carboxylic acid groups (broad SMARTS) is 1. The molecule has 1 atom stereocenters. The summed E-state index contributed by atoms with van der Waals surface area (Å²) in [6.07, 6.45) is 4.31. The normalized spacial score (nSPS) is 19.2. The zero-order valence-corrected chi connectivity index (χ0v) is 9.72. The van der Waals surface area contributed by atoms with Crippen LogP contribution in [0.15, 0.2) is 6.20 Å². The van der Waals surface area contributed by atoms with Crippen molar-refractivity contribution >= 4 is 18.0 Å². The standard InChI is InChI=1S/C11H14N4O3/c12-4-7-5-13-10(11(16)17)15-9(7)14-8-2-1-3-18-6-8/h4-5,8,12H,1-3,6H2,(H,16,17)(H,13,14,15). The molecular formula is C11H14N4O3. The Balaban J connectivity index is 2.20. The molecule has 1 aromatic rings. The maximum Gasteiger partial charge on any atom is 0.374 e. The number of anilines is 1. The fourth-order valence-corrected chi connectivity index (χ4v) is 1.76. The zero-order chi connectivity index (χ0) is 13.0. The van der Waals surface area contributed by atoms with Gasteiger partial charge in [-0.15, -0.1) is 0 Å². The van der Waals surface area contributed by atoms with Gasteiger partial charge in [-0.05, 0) is 12.8 Å². The Bertz CT molecular complexity index is 458. The number of carbonyl (C=O) groups is 1. The smallest absolute Gasteiger partial charge is 0.374 e. The third kappa shape index (κ3) is 2.80. The Labute approximate surface area is 104 Å². The molecule has 0 radical (unpaired) electrons. The number of nitrogens with zero attached hydrogens (tertiary/aromatic N) is 2. The van der Waals surface area contributed by atoms with Crippen LogP contribution in [0.25, 0.3) is 0 Å². The lowest BCUT2D eigenvalue weighted by atomic mass is 10.1. The molecule has 1 saturated heterocycles. The Morgan fingerprint density at radius 2 is 2.50 bits per heavy atom. The molecule has 2 rings (SSSR count). The predicted molar refractivity (Wildman–Crippen MR) is 64.3 cm³/mol. The zero-order valence-electron chi connectivity index (χ0n) is 9.72. The molecule has 1 unspecified atom stereocenters. The van der Waals surface area contributed by atoms with E-state index in [4.69, 9.17) is 15.3 Å². The first-order chi connectivity index (χ1) is 8.70. The summed E-state index contributed by atoms with van der Waals surface area (Å²) in [6, 6.07) is 0.0917. The second-order valence-corrected chi connectivity index (χ2v) is 4.01. The maximum atomic E-state index is 10.8. The van der Waals surface area contributed by atoms with E-state index in [0.29, 0.717) is 18.0 Å². The van der Waals surface area contributed by atoms with Crippen molar-refractivity contribution in [3.05, 3.63) is 17.6 Å². The van der Waals surface area contributed by atoms with Gasteiger partial charge < -0.3 is 20.6 Å². The number of nitrogens with one attached hydrogen (secondary N) is 2. The highest BCUT2D eigenvalue weighted by Crippen LogP contribution is 2.15. The number of aromatic carboxylic acids is 1. The lowest BCUT2D eigenvalue weighted by molar-refractivity contribution is 0.0683. The van der Waals surface area contributed by atoms with Gasteiger partial charge in [0.25, 0.3) is 0 Å². The second kappa shape index (κ2) is 5.54. The summed E-state index contributed by atoms with van der Waals surface area (Å²) in [5.41, 5.74) is 0.463. The van der Waals surface area contributed by atoms with Crippen molar-refractivity contribution in [2.24, 2.45) is 0 Å². The van der Waals surface area contributed by atoms with E-state index in [9.17, 15) is 4.79 Å². The van der Waals surface area contributed by atoms with E-state index in [0.717, 1.165) is 25.7 Å². The topological polar surface area (TPSA) is 108 Å². The van der Waals surface area contributed by atoms with Crippen LogP contribution >= 0.6 is 0 Å². The van der Waals surface area contributed by atoms with Gasteiger partial charge in [0.1, 0.15) is 5.82 Å². The van der Waals surface area contributed by atoms with Crippen LogP contribution in [0.5, 0.6) is 0 Å². The number of aromatic nitrogens is 2. The van der Waals surface area contributed by atoms with Crippen molar-refractivity contribution in [3.63, 3.8) is 0 Å². The minimum Gasteiger partial charge on any atom is -0.475 e. The molecule has 3 N–H and O–H groups in total. The van der Waals surface area contributed by atoms with Gasteiger partial charge in [-0.1, -0.05) is 0 Å². The summed E-state index contributed by atoms with van der Waals surface area (Å²) in [5.74, 6) is -1.10. The van der Waals surface area contributed by atoms with E-state index in [1.54, 1.807) is 0 Å². The molecule has 0 spiro atoms. The minimum atomic E-state index is -1.19. The first-order valence-electron chi connectivity index (χ1n) is 5.66. The van der Waals surface area contributed by atoms with Crippen molar-refractivity contribution in [2.75, 3.05) is 18.5 Å². The molecule has 0 bridgehead atoms. The SMILES string of the molecule is N=Cc1cnc(C(=O)O)nc1NC1CCCOC1. The van der Waals surface area contributed by atoms with Crippen LogP contribution in [0.4, 0.5) is 5.82 Å². The van der Waals surface area contributed by atoms with E-state index in [2.05, 4.69) is 15.3 Å². The summed E-state index contributed by atoms with van der Waals surface area (Å²) in [7, 11) is 0. The Morgan fingerprint density at radius 1 is 1.67 bits per heavy atom. The molecular weight excluding hydrogens is 236 g/mol. The van der Waals surface area contributed by atoms with E-state index < -0.39 is 5.97 Å². The highest BCUT2D eigenvalue weighted by molar-refractivity contribution is 5.87. The number of hydrogen-bond donors (Lipinski definition) is 3. The Kier molecular flexibility index (Phi) is 3.83. The minimum absolute atomic E-state index is 0.0917. The Morgan fingerprint density at radius 3 is 3.11 bits per heavy atom. The van der Waals surface area contributed by atoms with Gasteiger partial charge in [0.05, 0.1) is 18.2 Å². The van der Waals surface area contributed by atoms with Crippen molar-refractivity contribution in [1.82, 2.24) is 9.97 Å². The van der Waals surface area contributed by atoms with E-state index >= 15 is 0 Å². The Hall–Kier alpha value is -2.02. The molecule has 96 valence electrons. The van der Waals surface area contributed by atoms with Gasteiger partial charge in [0.2, 0.25) is 5.82 Å². The van der Waals surface area contributed by atoms with Crippen LogP contribution in [-0.4, -0.2) is 46.5 Å². The van der Waals surface area contributed by atoms with Gasteiger partial charge in [0, 0.05) is 19.0 Å². The fourth-order valence-electron chi connectivity index (χ4n) is 1.76. The van der Waals surface area contributed by atoms with E-state index in [1.165, 1.54) is 6.20 Å². The molecule has 2 heterocycles. The maximum absolute atomic E-state index is 10.8. The van der Waals surface area contributed by atoms with Crippen molar-refractivity contribution in [1.29, 1.82) is 5.41 Å². The molecule has 1 aliphatic heterocycles. The molecule has 7 heteroatoms. The average molecular weight is 250 g/mol. The van der Waals surface area contributed by atoms with Crippen LogP contribution in [0.3, 0.4) is 0 Å². The third-order valence-corrected chi connectivity index (χ3v) is 2.66. The van der Waals surface area contributed by atoms with Gasteiger partial charge in [-0.3, -0.25) is 0 Å². The number of carboxylic acids is 1. The first kappa shape index (κ1) is 12.4. The lowest BCUT2D eigenvalue weighted by Crippen LogP contribution is -2.31. The third-order valence-electron chi connectivity index (χ3n) is 2.66. The molecule has 1 aromatic heterocycles. The van der Waals surface area contributed by atoms with Crippen LogP contribution in [0.1, 0.15) is 29.0 Å². The summed E-state index contributed by atoms with van der Waals surface area (Å²) in [4.78, 5) is 18.4. The number of hydrogen-bond acceptors (Lipinski definition) is 6. The van der Waals surface area contributed by atoms with Crippen LogP contribution in [0, 0.1) is 5.41 Å². The van der Waals surface area contributed by atoms with E-state index in [1.807, 2.05) is 0 Å². The molecule has 7 nitrogen and oxygen atoms in total. The monoisotopic (exact) mass is 250 g/mol. The van der Waals surface area contributed by atoms with Gasteiger partial charge in [0.15, 0.2) is 0 Å². The average Bonchev–Trinajstić information content (AvgIpc) is 2.39. The quantitative estimate of drug-likeness (QED) is 0.681. The second-order valence-electron chi connectivity index (χ2n) is 4.01. The van der Waals surface area contributed by atoms with Crippen LogP contribution in [-0.2, 0) is 4.74 Å². The fraction of sp³-hybridized carbons (Fsp3) is 0.455. The molecule has 1 fully saturated rings. The largest absolute Gasteiger partial charge is 0.475 e. The molecule has 0 amide bonds. The molecule has 0 aliphatic carbocycles. The highest BCUT2D eigenvalue weighted by atomic mass is 16.5. The highest BCUT2D eigenvalue weighted by Gasteiger charge is 2.17. The predicted octanol–water partition coefficient (Wildman–Crippen LogP) is 0.763. The van der Waals surface area contributed by atoms with E-state index in [-0.39, 0.29) is 11.9 Å². The van der Waals surface area contributed by atoms with Crippen molar-refractivity contribution < 1.29 is 14.6 Å². The van der Waals surface area contributed by atoms with Crippen LogP contribution < -0.4 is 5.32 Å². The van der Waals surface area contributed by atoms with Crippen LogP contribution in [0.2, 0.25) is 0 Å². The number of rotatable bonds is 4.